The highest BCUT2D eigenvalue weighted by Crippen LogP contribution is 2.43. The molecule has 7 nitrogen and oxygen atoms in total. The molecule has 0 saturated carbocycles. The Morgan fingerprint density at radius 1 is 1.03 bits per heavy atom. The molecule has 7 heteroatoms. The lowest BCUT2D eigenvalue weighted by molar-refractivity contribution is -0.151. The number of likely N-dealkylation sites (N-methyl/N-ethyl adjacent to an activating group) is 1. The van der Waals surface area contributed by atoms with Crippen LogP contribution >= 0.6 is 0 Å². The average Bonchev–Trinajstić information content (AvgIpc) is 2.86. The van der Waals surface area contributed by atoms with Crippen molar-refractivity contribution >= 4 is 17.8 Å². The number of piperidine rings is 1. The van der Waals surface area contributed by atoms with Gasteiger partial charge in [0.2, 0.25) is 5.91 Å². The summed E-state index contributed by atoms with van der Waals surface area (Å²) in [6.45, 7) is 3.15. The summed E-state index contributed by atoms with van der Waals surface area (Å²) in [7, 11) is 3.36. The summed E-state index contributed by atoms with van der Waals surface area (Å²) in [6, 6.07) is 14.4. The molecule has 0 unspecified atom stereocenters. The topological polar surface area (TPSA) is 76.2 Å². The van der Waals surface area contributed by atoms with Gasteiger partial charge in [-0.15, -0.1) is 0 Å². The summed E-state index contributed by atoms with van der Waals surface area (Å²) in [4.78, 5) is 42.7. The van der Waals surface area contributed by atoms with Gasteiger partial charge in [-0.2, -0.15) is 0 Å². The molecule has 2 heterocycles. The standard InChI is InChI=1S/C26H30N2O5/c1-4-33-26(31)18-13-15-28(16-14-18)25(30)22-20-7-5-6-8-21(20)24(29)27(2)23(22)17-9-11-19(32-3)12-10-17/h5-12,18,22-23H,4,13-16H2,1-3H3/t22-,23+/m0/s1. The summed E-state index contributed by atoms with van der Waals surface area (Å²) in [6.07, 6.45) is 1.17. The van der Waals surface area contributed by atoms with Crippen molar-refractivity contribution in [1.29, 1.82) is 0 Å². The van der Waals surface area contributed by atoms with Crippen LogP contribution < -0.4 is 4.74 Å². The van der Waals surface area contributed by atoms with Gasteiger partial charge in [0.15, 0.2) is 0 Å². The molecular weight excluding hydrogens is 420 g/mol. The van der Waals surface area contributed by atoms with E-state index < -0.39 is 12.0 Å². The van der Waals surface area contributed by atoms with Crippen molar-refractivity contribution in [1.82, 2.24) is 9.80 Å². The van der Waals surface area contributed by atoms with Crippen molar-refractivity contribution in [2.45, 2.75) is 31.7 Å². The first-order valence-corrected chi connectivity index (χ1v) is 11.4. The first kappa shape index (κ1) is 22.8. The maximum absolute atomic E-state index is 13.9. The van der Waals surface area contributed by atoms with Crippen molar-refractivity contribution in [3.05, 3.63) is 65.2 Å². The fourth-order valence-electron chi connectivity index (χ4n) is 4.95. The Morgan fingerprint density at radius 2 is 1.70 bits per heavy atom. The zero-order valence-electron chi connectivity index (χ0n) is 19.3. The highest BCUT2D eigenvalue weighted by Gasteiger charge is 2.44. The number of fused-ring (bicyclic) bond motifs is 1. The van der Waals surface area contributed by atoms with Gasteiger partial charge in [-0.05, 0) is 49.1 Å². The summed E-state index contributed by atoms with van der Waals surface area (Å²) >= 11 is 0. The van der Waals surface area contributed by atoms with E-state index in [2.05, 4.69) is 0 Å². The predicted molar refractivity (Wildman–Crippen MR) is 123 cm³/mol. The molecular formula is C26H30N2O5. The van der Waals surface area contributed by atoms with Crippen LogP contribution in [0.4, 0.5) is 0 Å². The van der Waals surface area contributed by atoms with E-state index in [1.54, 1.807) is 32.0 Å². The normalized spacial score (nSPS) is 20.9. The first-order chi connectivity index (χ1) is 16.0. The number of methoxy groups -OCH3 is 1. The van der Waals surface area contributed by atoms with Crippen LogP contribution in [0.15, 0.2) is 48.5 Å². The fourth-order valence-corrected chi connectivity index (χ4v) is 4.95. The highest BCUT2D eigenvalue weighted by atomic mass is 16.5. The Bertz CT molecular complexity index is 1030. The van der Waals surface area contributed by atoms with Gasteiger partial charge in [0.05, 0.1) is 31.6 Å². The second kappa shape index (κ2) is 9.65. The van der Waals surface area contributed by atoms with E-state index in [4.69, 9.17) is 9.47 Å². The average molecular weight is 451 g/mol. The van der Waals surface area contributed by atoms with E-state index in [1.165, 1.54) is 0 Å². The van der Waals surface area contributed by atoms with Crippen molar-refractivity contribution in [3.63, 3.8) is 0 Å². The molecule has 2 atom stereocenters. The summed E-state index contributed by atoms with van der Waals surface area (Å²) in [5, 5.41) is 0. The van der Waals surface area contributed by atoms with E-state index >= 15 is 0 Å². The molecule has 0 radical (unpaired) electrons. The molecule has 174 valence electrons. The van der Waals surface area contributed by atoms with Gasteiger partial charge in [0.1, 0.15) is 5.75 Å². The molecule has 1 saturated heterocycles. The number of carbonyl (C=O) groups excluding carboxylic acids is 3. The van der Waals surface area contributed by atoms with E-state index in [-0.39, 0.29) is 23.7 Å². The van der Waals surface area contributed by atoms with Crippen molar-refractivity contribution in [3.8, 4) is 5.75 Å². The molecule has 2 aliphatic rings. The number of hydrogen-bond acceptors (Lipinski definition) is 5. The SMILES string of the molecule is CCOC(=O)C1CCN(C(=O)[C@H]2c3ccccc3C(=O)N(C)[C@@H]2c2ccc(OC)cc2)CC1. The number of carbonyl (C=O) groups is 3. The number of likely N-dealkylation sites (tertiary alicyclic amines) is 1. The Balaban J connectivity index is 1.66. The molecule has 0 N–H and O–H groups in total. The Kier molecular flexibility index (Phi) is 6.67. The summed E-state index contributed by atoms with van der Waals surface area (Å²) in [5.74, 6) is -0.297. The zero-order chi connectivity index (χ0) is 23.5. The molecule has 1 fully saturated rings. The molecule has 33 heavy (non-hydrogen) atoms. The second-order valence-corrected chi connectivity index (χ2v) is 8.55. The first-order valence-electron chi connectivity index (χ1n) is 11.4. The van der Waals surface area contributed by atoms with Crippen molar-refractivity contribution in [2.24, 2.45) is 5.92 Å². The maximum Gasteiger partial charge on any atom is 0.309 e. The van der Waals surface area contributed by atoms with Crippen LogP contribution in [0.5, 0.6) is 5.75 Å². The fraction of sp³-hybridized carbons (Fsp3) is 0.423. The number of hydrogen-bond donors (Lipinski definition) is 0. The predicted octanol–water partition coefficient (Wildman–Crippen LogP) is 3.41. The highest BCUT2D eigenvalue weighted by molar-refractivity contribution is 6.01. The molecule has 2 aromatic carbocycles. The van der Waals surface area contributed by atoms with E-state index in [1.807, 2.05) is 47.4 Å². The van der Waals surface area contributed by atoms with Gasteiger partial charge in [0, 0.05) is 25.7 Å². The Morgan fingerprint density at radius 3 is 2.33 bits per heavy atom. The van der Waals surface area contributed by atoms with Crippen LogP contribution in [-0.4, -0.2) is 61.4 Å². The minimum Gasteiger partial charge on any atom is -0.497 e. The third kappa shape index (κ3) is 4.32. The van der Waals surface area contributed by atoms with Crippen LogP contribution in [0.25, 0.3) is 0 Å². The van der Waals surface area contributed by atoms with Crippen LogP contribution in [0.2, 0.25) is 0 Å². The monoisotopic (exact) mass is 450 g/mol. The number of esters is 1. The van der Waals surface area contributed by atoms with E-state index in [0.29, 0.717) is 43.9 Å². The largest absolute Gasteiger partial charge is 0.497 e. The molecule has 0 aliphatic carbocycles. The number of benzene rings is 2. The second-order valence-electron chi connectivity index (χ2n) is 8.55. The lowest BCUT2D eigenvalue weighted by Gasteiger charge is -2.42. The van der Waals surface area contributed by atoms with Crippen LogP contribution in [0.3, 0.4) is 0 Å². The molecule has 0 aromatic heterocycles. The number of nitrogens with zero attached hydrogens (tertiary/aromatic N) is 2. The molecule has 2 amide bonds. The quantitative estimate of drug-likeness (QED) is 0.653. The number of ether oxygens (including phenoxy) is 2. The minimum atomic E-state index is -0.531. The summed E-state index contributed by atoms with van der Waals surface area (Å²) in [5.41, 5.74) is 2.18. The lowest BCUT2D eigenvalue weighted by Crippen LogP contribution is -2.49. The summed E-state index contributed by atoms with van der Waals surface area (Å²) < 4.78 is 10.4. The van der Waals surface area contributed by atoms with Gasteiger partial charge >= 0.3 is 5.97 Å². The molecule has 2 aliphatic heterocycles. The number of rotatable bonds is 5. The third-order valence-corrected chi connectivity index (χ3v) is 6.73. The molecule has 0 bridgehead atoms. The lowest BCUT2D eigenvalue weighted by atomic mass is 9.78. The van der Waals surface area contributed by atoms with Gasteiger partial charge in [0.25, 0.3) is 5.91 Å². The third-order valence-electron chi connectivity index (χ3n) is 6.73. The molecule has 2 aromatic rings. The van der Waals surface area contributed by atoms with E-state index in [0.717, 1.165) is 11.1 Å². The van der Waals surface area contributed by atoms with Crippen molar-refractivity contribution < 1.29 is 23.9 Å². The van der Waals surface area contributed by atoms with E-state index in [9.17, 15) is 14.4 Å². The zero-order valence-corrected chi connectivity index (χ0v) is 19.3. The van der Waals surface area contributed by atoms with Gasteiger partial charge in [-0.3, -0.25) is 14.4 Å². The van der Waals surface area contributed by atoms with Gasteiger partial charge in [-0.25, -0.2) is 0 Å². The maximum atomic E-state index is 13.9. The van der Waals surface area contributed by atoms with Crippen LogP contribution in [0.1, 0.15) is 53.2 Å². The molecule has 0 spiro atoms. The van der Waals surface area contributed by atoms with Gasteiger partial charge < -0.3 is 19.3 Å². The molecule has 4 rings (SSSR count). The Hall–Kier alpha value is -3.35. The van der Waals surface area contributed by atoms with Crippen LogP contribution in [0, 0.1) is 5.92 Å². The number of amides is 2. The van der Waals surface area contributed by atoms with Crippen LogP contribution in [-0.2, 0) is 14.3 Å². The Labute approximate surface area is 194 Å². The van der Waals surface area contributed by atoms with Gasteiger partial charge in [-0.1, -0.05) is 30.3 Å². The van der Waals surface area contributed by atoms with Crippen molar-refractivity contribution in [2.75, 3.05) is 33.9 Å². The smallest absolute Gasteiger partial charge is 0.309 e. The minimum absolute atomic E-state index is 0.0232.